The van der Waals surface area contributed by atoms with Crippen LogP contribution in [0.4, 0.5) is 5.69 Å². The molecule has 6 nitrogen and oxygen atoms in total. The number of rotatable bonds is 2. The summed E-state index contributed by atoms with van der Waals surface area (Å²) >= 11 is 5.82. The van der Waals surface area contributed by atoms with Crippen LogP contribution in [0.1, 0.15) is 11.1 Å². The molecule has 0 radical (unpaired) electrons. The zero-order chi connectivity index (χ0) is 17.3. The van der Waals surface area contributed by atoms with Gasteiger partial charge in [-0.1, -0.05) is 24.0 Å². The number of sulfonamides is 1. The summed E-state index contributed by atoms with van der Waals surface area (Å²) in [6.45, 7) is 0. The van der Waals surface area contributed by atoms with Crippen LogP contribution in [0.2, 0.25) is 5.28 Å². The third-order valence-corrected chi connectivity index (χ3v) is 4.76. The van der Waals surface area contributed by atoms with Crippen LogP contribution in [-0.2, 0) is 10.0 Å². The van der Waals surface area contributed by atoms with Crippen molar-refractivity contribution >= 4 is 33.0 Å². The molecular weight excluding hydrogens is 348 g/mol. The van der Waals surface area contributed by atoms with E-state index in [1.54, 1.807) is 47.1 Å². The first-order valence-electron chi connectivity index (χ1n) is 6.92. The minimum atomic E-state index is -3.37. The highest BCUT2D eigenvalue weighted by atomic mass is 35.5. The molecule has 0 aliphatic rings. The molecule has 0 bridgehead atoms. The average Bonchev–Trinajstić information content (AvgIpc) is 2.92. The first-order valence-corrected chi connectivity index (χ1v) is 9.15. The summed E-state index contributed by atoms with van der Waals surface area (Å²) in [5, 5.41) is 4.16. The number of fused-ring (bicyclic) bond motifs is 1. The molecule has 0 aliphatic carbocycles. The summed E-state index contributed by atoms with van der Waals surface area (Å²) in [6.07, 6.45) is 2.88. The third-order valence-electron chi connectivity index (χ3n) is 3.41. The normalized spacial score (nSPS) is 11.1. The fourth-order valence-electron chi connectivity index (χ4n) is 2.14. The lowest BCUT2D eigenvalue weighted by Crippen LogP contribution is -2.25. The van der Waals surface area contributed by atoms with Crippen LogP contribution < -0.4 is 4.31 Å². The maximum atomic E-state index is 11.8. The van der Waals surface area contributed by atoms with Crippen molar-refractivity contribution in [3.05, 3.63) is 59.0 Å². The summed E-state index contributed by atoms with van der Waals surface area (Å²) in [4.78, 5) is 4.13. The Hall–Kier alpha value is -2.56. The monoisotopic (exact) mass is 360 g/mol. The highest BCUT2D eigenvalue weighted by Gasteiger charge is 2.14. The Bertz CT molecular complexity index is 1080. The molecule has 0 fully saturated rings. The van der Waals surface area contributed by atoms with Crippen LogP contribution in [0.5, 0.6) is 0 Å². The topological polar surface area (TPSA) is 67.6 Å². The highest BCUT2D eigenvalue weighted by molar-refractivity contribution is 7.92. The second-order valence-corrected chi connectivity index (χ2v) is 7.42. The van der Waals surface area contributed by atoms with Crippen molar-refractivity contribution in [2.45, 2.75) is 0 Å². The molecule has 3 aromatic rings. The number of hydrogen-bond acceptors (Lipinski definition) is 4. The molecule has 24 heavy (non-hydrogen) atoms. The van der Waals surface area contributed by atoms with Crippen LogP contribution in [0, 0.1) is 11.8 Å². The SMILES string of the molecule is CN(c1ccccc1C#Cc1cccn2nc(Cl)nc12)S(C)(=O)=O. The summed E-state index contributed by atoms with van der Waals surface area (Å²) in [6, 6.07) is 10.6. The van der Waals surface area contributed by atoms with E-state index in [9.17, 15) is 8.42 Å². The zero-order valence-electron chi connectivity index (χ0n) is 12.9. The Morgan fingerprint density at radius 3 is 2.54 bits per heavy atom. The molecule has 1 aromatic carbocycles. The molecule has 2 aromatic heterocycles. The minimum Gasteiger partial charge on any atom is -0.272 e. The van der Waals surface area contributed by atoms with E-state index in [1.807, 2.05) is 0 Å². The van der Waals surface area contributed by atoms with E-state index in [0.717, 1.165) is 6.26 Å². The number of hydrogen-bond donors (Lipinski definition) is 0. The van der Waals surface area contributed by atoms with Gasteiger partial charge in [0.15, 0.2) is 5.65 Å². The number of anilines is 1. The number of pyridine rings is 1. The maximum Gasteiger partial charge on any atom is 0.243 e. The van der Waals surface area contributed by atoms with E-state index in [4.69, 9.17) is 11.6 Å². The lowest BCUT2D eigenvalue weighted by atomic mass is 10.1. The van der Waals surface area contributed by atoms with Gasteiger partial charge < -0.3 is 0 Å². The molecule has 0 atom stereocenters. The van der Waals surface area contributed by atoms with Gasteiger partial charge in [0.1, 0.15) is 0 Å². The molecule has 0 saturated carbocycles. The van der Waals surface area contributed by atoms with Crippen molar-refractivity contribution in [2.24, 2.45) is 0 Å². The van der Waals surface area contributed by atoms with Crippen molar-refractivity contribution in [3.63, 3.8) is 0 Å². The van der Waals surface area contributed by atoms with Gasteiger partial charge in [-0.25, -0.2) is 12.9 Å². The fourth-order valence-corrected chi connectivity index (χ4v) is 2.82. The average molecular weight is 361 g/mol. The standard InChI is InChI=1S/C16H13ClN4O2S/c1-20(24(2,22)23)14-8-4-3-6-12(14)9-10-13-7-5-11-21-15(13)18-16(17)19-21/h3-8,11H,1-2H3. The van der Waals surface area contributed by atoms with Crippen molar-refractivity contribution in [1.29, 1.82) is 0 Å². The predicted molar refractivity (Wildman–Crippen MR) is 93.7 cm³/mol. The molecule has 2 heterocycles. The second-order valence-electron chi connectivity index (χ2n) is 5.07. The second kappa shape index (κ2) is 6.15. The summed E-state index contributed by atoms with van der Waals surface area (Å²) in [7, 11) is -1.88. The minimum absolute atomic E-state index is 0.140. The van der Waals surface area contributed by atoms with E-state index in [1.165, 1.54) is 11.4 Å². The van der Waals surface area contributed by atoms with E-state index in [-0.39, 0.29) is 5.28 Å². The van der Waals surface area contributed by atoms with Gasteiger partial charge in [-0.3, -0.25) is 4.31 Å². The predicted octanol–water partition coefficient (Wildman–Crippen LogP) is 2.18. The quantitative estimate of drug-likeness (QED) is 0.657. The van der Waals surface area contributed by atoms with E-state index in [2.05, 4.69) is 21.9 Å². The number of halogens is 1. The van der Waals surface area contributed by atoms with E-state index < -0.39 is 10.0 Å². The third kappa shape index (κ3) is 3.20. The van der Waals surface area contributed by atoms with E-state index >= 15 is 0 Å². The summed E-state index contributed by atoms with van der Waals surface area (Å²) in [5.41, 5.74) is 2.30. The van der Waals surface area contributed by atoms with Gasteiger partial charge in [-0.15, -0.1) is 5.10 Å². The van der Waals surface area contributed by atoms with Crippen LogP contribution in [0.25, 0.3) is 5.65 Å². The van der Waals surface area contributed by atoms with Crippen molar-refractivity contribution in [2.75, 3.05) is 17.6 Å². The first kappa shape index (κ1) is 16.3. The van der Waals surface area contributed by atoms with Crippen molar-refractivity contribution in [1.82, 2.24) is 14.6 Å². The van der Waals surface area contributed by atoms with Crippen molar-refractivity contribution in [3.8, 4) is 11.8 Å². The lowest BCUT2D eigenvalue weighted by molar-refractivity contribution is 0.600. The van der Waals surface area contributed by atoms with Gasteiger partial charge in [0.25, 0.3) is 0 Å². The van der Waals surface area contributed by atoms with Crippen LogP contribution in [0.15, 0.2) is 42.6 Å². The molecular formula is C16H13ClN4O2S. The molecule has 0 spiro atoms. The summed E-state index contributed by atoms with van der Waals surface area (Å²) in [5.74, 6) is 6.01. The van der Waals surface area contributed by atoms with Gasteiger partial charge in [0.05, 0.1) is 17.5 Å². The van der Waals surface area contributed by atoms with Gasteiger partial charge in [-0.2, -0.15) is 4.98 Å². The molecule has 0 aliphatic heterocycles. The first-order chi connectivity index (χ1) is 11.4. The fraction of sp³-hybridized carbons (Fsp3) is 0.125. The smallest absolute Gasteiger partial charge is 0.243 e. The molecule has 0 N–H and O–H groups in total. The van der Waals surface area contributed by atoms with Crippen LogP contribution >= 0.6 is 11.6 Å². The lowest BCUT2D eigenvalue weighted by Gasteiger charge is -2.17. The van der Waals surface area contributed by atoms with Crippen LogP contribution in [-0.4, -0.2) is 36.3 Å². The Morgan fingerprint density at radius 1 is 1.12 bits per heavy atom. The Morgan fingerprint density at radius 2 is 1.79 bits per heavy atom. The van der Waals surface area contributed by atoms with Gasteiger partial charge in [0.2, 0.25) is 15.3 Å². The largest absolute Gasteiger partial charge is 0.272 e. The Balaban J connectivity index is 2.09. The number of benzene rings is 1. The molecule has 0 amide bonds. The van der Waals surface area contributed by atoms with Gasteiger partial charge in [-0.05, 0) is 35.9 Å². The molecule has 3 rings (SSSR count). The molecule has 122 valence electrons. The Kier molecular flexibility index (Phi) is 4.18. The van der Waals surface area contributed by atoms with Crippen molar-refractivity contribution < 1.29 is 8.42 Å². The van der Waals surface area contributed by atoms with E-state index in [0.29, 0.717) is 22.5 Å². The number of para-hydroxylation sites is 1. The van der Waals surface area contributed by atoms with Gasteiger partial charge in [0, 0.05) is 18.8 Å². The number of aromatic nitrogens is 3. The zero-order valence-corrected chi connectivity index (χ0v) is 14.5. The number of nitrogens with zero attached hydrogens (tertiary/aromatic N) is 4. The maximum absolute atomic E-state index is 11.8. The molecule has 0 saturated heterocycles. The molecule has 8 heteroatoms. The highest BCUT2D eigenvalue weighted by Crippen LogP contribution is 2.20. The molecule has 0 unspecified atom stereocenters. The summed E-state index contributed by atoms with van der Waals surface area (Å²) < 4.78 is 26.3. The van der Waals surface area contributed by atoms with Gasteiger partial charge >= 0.3 is 0 Å². The van der Waals surface area contributed by atoms with Crippen LogP contribution in [0.3, 0.4) is 0 Å². The Labute approximate surface area is 144 Å².